The Morgan fingerprint density at radius 1 is 1.55 bits per heavy atom. The van der Waals surface area contributed by atoms with Crippen molar-refractivity contribution in [2.24, 2.45) is 0 Å². The van der Waals surface area contributed by atoms with Gasteiger partial charge in [-0.25, -0.2) is 0 Å². The maximum atomic E-state index is 9.43. The first kappa shape index (κ1) is 9.08. The molecule has 64 valence electrons. The smallest absolute Gasteiger partial charge is 0.303 e. The predicted molar refractivity (Wildman–Crippen MR) is 48.7 cm³/mol. The molecule has 2 nitrogen and oxygen atoms in total. The van der Waals surface area contributed by atoms with Crippen molar-refractivity contribution in [1.82, 2.24) is 4.90 Å². The van der Waals surface area contributed by atoms with Gasteiger partial charge in [-0.05, 0) is 33.2 Å². The number of hydrogen-bond donors (Lipinski definition) is 1. The number of hydrogen-bond acceptors (Lipinski definition) is 2. The van der Waals surface area contributed by atoms with Crippen molar-refractivity contribution in [3.63, 3.8) is 0 Å². The van der Waals surface area contributed by atoms with E-state index < -0.39 is 0 Å². The zero-order valence-electron chi connectivity index (χ0n) is 7.75. The molecule has 0 radical (unpaired) electrons. The Bertz CT molecular complexity index is 113. The van der Waals surface area contributed by atoms with Gasteiger partial charge >= 0.3 is 6.92 Å². The average Bonchev–Trinajstić information content (AvgIpc) is 2.32. The van der Waals surface area contributed by atoms with Crippen molar-refractivity contribution >= 4 is 6.92 Å². The zero-order chi connectivity index (χ0) is 8.43. The van der Waals surface area contributed by atoms with Crippen LogP contribution in [0.3, 0.4) is 0 Å². The van der Waals surface area contributed by atoms with Crippen LogP contribution in [0.5, 0.6) is 0 Å². The topological polar surface area (TPSA) is 23.5 Å². The van der Waals surface area contributed by atoms with Crippen LogP contribution in [0.1, 0.15) is 26.7 Å². The lowest BCUT2D eigenvalue weighted by atomic mass is 9.62. The van der Waals surface area contributed by atoms with Crippen molar-refractivity contribution < 1.29 is 5.02 Å². The second-order valence-electron chi connectivity index (χ2n) is 3.78. The van der Waals surface area contributed by atoms with E-state index in [0.717, 1.165) is 13.0 Å². The molecule has 0 aromatic carbocycles. The maximum Gasteiger partial charge on any atom is 0.303 e. The van der Waals surface area contributed by atoms with Gasteiger partial charge in [0, 0.05) is 12.0 Å². The van der Waals surface area contributed by atoms with Crippen LogP contribution in [-0.4, -0.2) is 35.4 Å². The minimum absolute atomic E-state index is 0.167. The Labute approximate surface area is 69.7 Å². The van der Waals surface area contributed by atoms with Crippen molar-refractivity contribution in [3.05, 3.63) is 0 Å². The Morgan fingerprint density at radius 2 is 2.18 bits per heavy atom. The molecule has 1 aliphatic heterocycles. The summed E-state index contributed by atoms with van der Waals surface area (Å²) < 4.78 is 0. The van der Waals surface area contributed by atoms with Crippen LogP contribution in [-0.2, 0) is 0 Å². The molecule has 0 aromatic heterocycles. The van der Waals surface area contributed by atoms with Gasteiger partial charge in [0.15, 0.2) is 0 Å². The molecule has 0 saturated carbocycles. The molecule has 3 heteroatoms. The lowest BCUT2D eigenvalue weighted by molar-refractivity contribution is 0.238. The normalized spacial score (nSPS) is 26.5. The summed E-state index contributed by atoms with van der Waals surface area (Å²) in [4.78, 5) is 2.39. The fraction of sp³-hybridized carbons (Fsp3) is 1.00. The van der Waals surface area contributed by atoms with E-state index >= 15 is 0 Å². The summed E-state index contributed by atoms with van der Waals surface area (Å²) in [5.74, 6) is 0.412. The molecule has 0 spiro atoms. The van der Waals surface area contributed by atoms with Crippen LogP contribution in [0, 0.1) is 0 Å². The average molecular weight is 155 g/mol. The molecule has 11 heavy (non-hydrogen) atoms. The summed E-state index contributed by atoms with van der Waals surface area (Å²) in [6, 6.07) is 0.581. The Morgan fingerprint density at radius 3 is 2.55 bits per heavy atom. The third-order valence-corrected chi connectivity index (χ3v) is 2.56. The standard InChI is InChI=1S/C8H18BNO/c1-7(2)10-6-4-5-8(10)9(3)11/h7-8,11H,4-6H2,1-3H3/t8-/m0/s1. The molecule has 0 unspecified atom stereocenters. The molecule has 0 aliphatic carbocycles. The number of likely N-dealkylation sites (tertiary alicyclic amines) is 1. The molecular formula is C8H18BNO. The molecular weight excluding hydrogens is 137 g/mol. The lowest BCUT2D eigenvalue weighted by Crippen LogP contribution is -2.44. The summed E-state index contributed by atoms with van der Waals surface area (Å²) in [5, 5.41) is 9.43. The van der Waals surface area contributed by atoms with E-state index in [1.807, 2.05) is 6.82 Å². The highest BCUT2D eigenvalue weighted by atomic mass is 16.2. The third-order valence-electron chi connectivity index (χ3n) is 2.56. The van der Waals surface area contributed by atoms with Crippen LogP contribution in [0.15, 0.2) is 0 Å². The fourth-order valence-electron chi connectivity index (χ4n) is 1.97. The molecule has 0 bridgehead atoms. The van der Waals surface area contributed by atoms with E-state index in [4.69, 9.17) is 0 Å². The molecule has 1 atom stereocenters. The first-order valence-corrected chi connectivity index (χ1v) is 4.56. The van der Waals surface area contributed by atoms with E-state index in [2.05, 4.69) is 18.7 Å². The highest BCUT2D eigenvalue weighted by molar-refractivity contribution is 6.50. The molecule has 0 amide bonds. The summed E-state index contributed by atoms with van der Waals surface area (Å²) in [6.45, 7) is 7.28. The molecule has 1 heterocycles. The minimum Gasteiger partial charge on any atom is -0.449 e. The highest BCUT2D eigenvalue weighted by Crippen LogP contribution is 2.20. The Hall–Kier alpha value is -0.0151. The summed E-state index contributed by atoms with van der Waals surface area (Å²) in [6.07, 6.45) is 2.41. The first-order valence-electron chi connectivity index (χ1n) is 4.56. The molecule has 1 saturated heterocycles. The van der Waals surface area contributed by atoms with Gasteiger partial charge in [-0.1, -0.05) is 6.82 Å². The van der Waals surface area contributed by atoms with Crippen molar-refractivity contribution in [2.45, 2.75) is 45.5 Å². The molecule has 1 aliphatic rings. The molecule has 1 rings (SSSR count). The van der Waals surface area contributed by atoms with E-state index in [1.165, 1.54) is 6.42 Å². The van der Waals surface area contributed by atoms with Crippen molar-refractivity contribution in [3.8, 4) is 0 Å². The van der Waals surface area contributed by atoms with E-state index in [1.54, 1.807) is 0 Å². The summed E-state index contributed by atoms with van der Waals surface area (Å²) in [7, 11) is 0. The van der Waals surface area contributed by atoms with Crippen molar-refractivity contribution in [2.75, 3.05) is 6.54 Å². The molecule has 0 aromatic rings. The van der Waals surface area contributed by atoms with Crippen LogP contribution < -0.4 is 0 Å². The highest BCUT2D eigenvalue weighted by Gasteiger charge is 2.31. The van der Waals surface area contributed by atoms with Crippen LogP contribution in [0.4, 0.5) is 0 Å². The van der Waals surface area contributed by atoms with Gasteiger partial charge in [0.25, 0.3) is 0 Å². The molecule has 1 fully saturated rings. The van der Waals surface area contributed by atoms with Crippen LogP contribution >= 0.6 is 0 Å². The quantitative estimate of drug-likeness (QED) is 0.601. The van der Waals surface area contributed by atoms with Gasteiger partial charge in [0.05, 0.1) is 0 Å². The monoisotopic (exact) mass is 155 g/mol. The van der Waals surface area contributed by atoms with E-state index in [-0.39, 0.29) is 6.92 Å². The third kappa shape index (κ3) is 1.97. The second-order valence-corrected chi connectivity index (χ2v) is 3.78. The largest absolute Gasteiger partial charge is 0.449 e. The zero-order valence-corrected chi connectivity index (χ0v) is 7.75. The van der Waals surface area contributed by atoms with Gasteiger partial charge in [-0.2, -0.15) is 0 Å². The molecule has 1 N–H and O–H groups in total. The Balaban J connectivity index is 2.51. The SMILES string of the molecule is CB(O)[C@@H]1CCCN1C(C)C. The van der Waals surface area contributed by atoms with Gasteiger partial charge in [-0.3, -0.25) is 0 Å². The van der Waals surface area contributed by atoms with Gasteiger partial charge < -0.3 is 9.92 Å². The lowest BCUT2D eigenvalue weighted by Gasteiger charge is -2.28. The van der Waals surface area contributed by atoms with Crippen LogP contribution in [0.2, 0.25) is 6.82 Å². The first-order chi connectivity index (χ1) is 5.13. The summed E-state index contributed by atoms with van der Waals surface area (Å²) >= 11 is 0. The summed E-state index contributed by atoms with van der Waals surface area (Å²) in [5.41, 5.74) is 0. The second kappa shape index (κ2) is 3.59. The van der Waals surface area contributed by atoms with Crippen molar-refractivity contribution in [1.29, 1.82) is 0 Å². The van der Waals surface area contributed by atoms with Gasteiger partial charge in [0.2, 0.25) is 0 Å². The maximum absolute atomic E-state index is 9.43. The van der Waals surface area contributed by atoms with E-state index in [0.29, 0.717) is 12.0 Å². The minimum atomic E-state index is -0.167. The number of nitrogens with zero attached hydrogens (tertiary/aromatic N) is 1. The Kier molecular flexibility index (Phi) is 2.96. The predicted octanol–water partition coefficient (Wildman–Crippen LogP) is 1.01. The van der Waals surface area contributed by atoms with E-state index in [9.17, 15) is 5.02 Å². The van der Waals surface area contributed by atoms with Crippen LogP contribution in [0.25, 0.3) is 0 Å². The van der Waals surface area contributed by atoms with Gasteiger partial charge in [0.1, 0.15) is 0 Å². The van der Waals surface area contributed by atoms with Gasteiger partial charge in [-0.15, -0.1) is 0 Å². The number of rotatable bonds is 2. The fourth-order valence-corrected chi connectivity index (χ4v) is 1.97.